The molecule has 1 aliphatic heterocycles. The minimum Gasteiger partial charge on any atom is -0.398 e. The van der Waals surface area contributed by atoms with Crippen LogP contribution in [-0.2, 0) is 6.54 Å². The molecule has 2 aromatic heterocycles. The average Bonchev–Trinajstić information content (AvgIpc) is 3.17. The molecule has 1 saturated heterocycles. The summed E-state index contributed by atoms with van der Waals surface area (Å²) in [4.78, 5) is 10.0. The fraction of sp³-hybridized carbons (Fsp3) is 0.269. The van der Waals surface area contributed by atoms with Gasteiger partial charge in [-0.25, -0.2) is 4.98 Å². The van der Waals surface area contributed by atoms with E-state index >= 15 is 0 Å². The van der Waals surface area contributed by atoms with Gasteiger partial charge in [-0.1, -0.05) is 61.5 Å². The predicted molar refractivity (Wildman–Crippen MR) is 128 cm³/mol. The van der Waals surface area contributed by atoms with Crippen LogP contribution in [0.1, 0.15) is 12.6 Å². The van der Waals surface area contributed by atoms with Crippen LogP contribution in [0.25, 0.3) is 28.0 Å². The second-order valence-corrected chi connectivity index (χ2v) is 8.25. The first-order valence-electron chi connectivity index (χ1n) is 11.1. The highest BCUT2D eigenvalue weighted by Gasteiger charge is 2.21. The van der Waals surface area contributed by atoms with Gasteiger partial charge >= 0.3 is 0 Å². The molecule has 0 atom stereocenters. The number of hydrogen-bond donors (Lipinski definition) is 1. The number of piperazine rings is 1. The smallest absolute Gasteiger partial charge is 0.137 e. The number of imidazole rings is 1. The van der Waals surface area contributed by atoms with Crippen molar-refractivity contribution >= 4 is 11.3 Å². The van der Waals surface area contributed by atoms with E-state index in [1.807, 2.05) is 24.4 Å². The summed E-state index contributed by atoms with van der Waals surface area (Å²) in [6, 6.07) is 23.2. The van der Waals surface area contributed by atoms with E-state index in [4.69, 9.17) is 10.7 Å². The zero-order valence-electron chi connectivity index (χ0n) is 18.0. The molecule has 0 saturated carbocycles. The summed E-state index contributed by atoms with van der Waals surface area (Å²) in [5.41, 5.74) is 13.7. The number of nitrogens with zero attached hydrogens (tertiary/aromatic N) is 4. The summed E-state index contributed by atoms with van der Waals surface area (Å²) in [5, 5.41) is 0. The largest absolute Gasteiger partial charge is 0.398 e. The third-order valence-electron chi connectivity index (χ3n) is 6.29. The van der Waals surface area contributed by atoms with Gasteiger partial charge in [0.25, 0.3) is 0 Å². The maximum absolute atomic E-state index is 6.13. The van der Waals surface area contributed by atoms with E-state index in [1.54, 1.807) is 0 Å². The SMILES string of the molecule is CCN1CCN(Cc2c(-c3ccc(-c4ccccc4)cc3)nc3ccc(N)cn23)CC1. The Labute approximate surface area is 183 Å². The Bertz CT molecular complexity index is 1160. The van der Waals surface area contributed by atoms with Crippen molar-refractivity contribution in [1.29, 1.82) is 0 Å². The number of nitrogen functional groups attached to an aromatic ring is 1. The Morgan fingerprint density at radius 1 is 0.774 bits per heavy atom. The van der Waals surface area contributed by atoms with Crippen molar-refractivity contribution in [3.8, 4) is 22.4 Å². The molecule has 0 bridgehead atoms. The average molecular weight is 412 g/mol. The highest BCUT2D eigenvalue weighted by Crippen LogP contribution is 2.29. The van der Waals surface area contributed by atoms with E-state index in [9.17, 15) is 0 Å². The van der Waals surface area contributed by atoms with Crippen molar-refractivity contribution in [2.24, 2.45) is 0 Å². The summed E-state index contributed by atoms with van der Waals surface area (Å²) in [5.74, 6) is 0. The summed E-state index contributed by atoms with van der Waals surface area (Å²) in [7, 11) is 0. The fourth-order valence-electron chi connectivity index (χ4n) is 4.42. The topological polar surface area (TPSA) is 49.8 Å². The van der Waals surface area contributed by atoms with Crippen LogP contribution in [0, 0.1) is 0 Å². The molecule has 0 aliphatic carbocycles. The quantitative estimate of drug-likeness (QED) is 0.529. The van der Waals surface area contributed by atoms with Gasteiger partial charge in [0.1, 0.15) is 5.65 Å². The number of hydrogen-bond acceptors (Lipinski definition) is 4. The van der Waals surface area contributed by atoms with Gasteiger partial charge in [-0.2, -0.15) is 0 Å². The lowest BCUT2D eigenvalue weighted by atomic mass is 10.0. The van der Waals surface area contributed by atoms with Crippen LogP contribution >= 0.6 is 0 Å². The Kier molecular flexibility index (Phi) is 5.45. The number of nitrogens with two attached hydrogens (primary N) is 1. The molecule has 0 radical (unpaired) electrons. The molecule has 31 heavy (non-hydrogen) atoms. The Balaban J connectivity index is 1.50. The molecule has 4 aromatic rings. The molecule has 5 nitrogen and oxygen atoms in total. The first-order valence-corrected chi connectivity index (χ1v) is 11.1. The van der Waals surface area contributed by atoms with Crippen LogP contribution in [0.5, 0.6) is 0 Å². The van der Waals surface area contributed by atoms with Gasteiger partial charge in [-0.3, -0.25) is 4.90 Å². The van der Waals surface area contributed by atoms with Gasteiger partial charge in [0.15, 0.2) is 0 Å². The molecule has 158 valence electrons. The summed E-state index contributed by atoms with van der Waals surface area (Å²) in [6.07, 6.45) is 2.00. The second kappa shape index (κ2) is 8.53. The molecule has 1 fully saturated rings. The van der Waals surface area contributed by atoms with Crippen LogP contribution in [0.2, 0.25) is 0 Å². The lowest BCUT2D eigenvalue weighted by molar-refractivity contribution is 0.131. The summed E-state index contributed by atoms with van der Waals surface area (Å²) >= 11 is 0. The van der Waals surface area contributed by atoms with E-state index in [0.29, 0.717) is 0 Å². The lowest BCUT2D eigenvalue weighted by Gasteiger charge is -2.34. The molecule has 5 rings (SSSR count). The molecule has 0 unspecified atom stereocenters. The molecule has 0 amide bonds. The van der Waals surface area contributed by atoms with Crippen molar-refractivity contribution in [2.45, 2.75) is 13.5 Å². The highest BCUT2D eigenvalue weighted by atomic mass is 15.3. The number of aromatic nitrogens is 2. The fourth-order valence-corrected chi connectivity index (χ4v) is 4.42. The zero-order chi connectivity index (χ0) is 21.2. The van der Waals surface area contributed by atoms with Gasteiger partial charge < -0.3 is 15.0 Å². The van der Waals surface area contributed by atoms with E-state index in [1.165, 1.54) is 16.8 Å². The third kappa shape index (κ3) is 4.07. The van der Waals surface area contributed by atoms with Crippen LogP contribution in [0.4, 0.5) is 5.69 Å². The molecular formula is C26H29N5. The van der Waals surface area contributed by atoms with Crippen molar-refractivity contribution in [3.05, 3.63) is 78.6 Å². The van der Waals surface area contributed by atoms with Gasteiger partial charge in [-0.15, -0.1) is 0 Å². The van der Waals surface area contributed by atoms with Crippen LogP contribution in [0.3, 0.4) is 0 Å². The Morgan fingerprint density at radius 2 is 1.42 bits per heavy atom. The van der Waals surface area contributed by atoms with E-state index < -0.39 is 0 Å². The van der Waals surface area contributed by atoms with Crippen molar-refractivity contribution in [3.63, 3.8) is 0 Å². The Morgan fingerprint density at radius 3 is 2.13 bits per heavy atom. The van der Waals surface area contributed by atoms with Crippen molar-refractivity contribution in [1.82, 2.24) is 19.2 Å². The third-order valence-corrected chi connectivity index (χ3v) is 6.29. The standard InChI is InChI=1S/C26H29N5/c1-2-29-14-16-30(17-15-29)19-24-26(28-25-13-12-23(27)18-31(24)25)22-10-8-21(9-11-22)20-6-4-3-5-7-20/h3-13,18H,2,14-17,19,27H2,1H3. The van der Waals surface area contributed by atoms with E-state index in [2.05, 4.69) is 69.7 Å². The minimum atomic E-state index is 0.757. The molecule has 2 aromatic carbocycles. The maximum atomic E-state index is 6.13. The van der Waals surface area contributed by atoms with Gasteiger partial charge in [0.05, 0.1) is 11.4 Å². The van der Waals surface area contributed by atoms with Crippen molar-refractivity contribution in [2.75, 3.05) is 38.5 Å². The lowest BCUT2D eigenvalue weighted by Crippen LogP contribution is -2.45. The number of anilines is 1. The first-order chi connectivity index (χ1) is 15.2. The zero-order valence-corrected chi connectivity index (χ0v) is 18.0. The number of rotatable bonds is 5. The van der Waals surface area contributed by atoms with Gasteiger partial charge in [0.2, 0.25) is 0 Å². The highest BCUT2D eigenvalue weighted by molar-refractivity contribution is 5.72. The monoisotopic (exact) mass is 411 g/mol. The second-order valence-electron chi connectivity index (χ2n) is 8.25. The minimum absolute atomic E-state index is 0.757. The van der Waals surface area contributed by atoms with Crippen molar-refractivity contribution < 1.29 is 0 Å². The van der Waals surface area contributed by atoms with Crippen LogP contribution < -0.4 is 5.73 Å². The number of likely N-dealkylation sites (N-methyl/N-ethyl adjacent to an activating group) is 1. The molecule has 5 heteroatoms. The summed E-state index contributed by atoms with van der Waals surface area (Å²) in [6.45, 7) is 8.63. The number of benzene rings is 2. The van der Waals surface area contributed by atoms with Gasteiger partial charge in [0, 0.05) is 50.2 Å². The maximum Gasteiger partial charge on any atom is 0.137 e. The first kappa shape index (κ1) is 19.8. The molecule has 1 aliphatic rings. The predicted octanol–water partition coefficient (Wildman–Crippen LogP) is 4.39. The van der Waals surface area contributed by atoms with E-state index in [-0.39, 0.29) is 0 Å². The molecule has 2 N–H and O–H groups in total. The Hall–Kier alpha value is -3.15. The van der Waals surface area contributed by atoms with Crippen LogP contribution in [-0.4, -0.2) is 51.9 Å². The normalized spacial score (nSPS) is 15.5. The molecule has 0 spiro atoms. The molecular weight excluding hydrogens is 382 g/mol. The van der Waals surface area contributed by atoms with Crippen LogP contribution in [0.15, 0.2) is 72.9 Å². The van der Waals surface area contributed by atoms with Gasteiger partial charge in [-0.05, 0) is 29.8 Å². The number of fused-ring (bicyclic) bond motifs is 1. The summed E-state index contributed by atoms with van der Waals surface area (Å²) < 4.78 is 2.17. The van der Waals surface area contributed by atoms with E-state index in [0.717, 1.165) is 61.9 Å². The number of pyridine rings is 1. The molecule has 3 heterocycles.